The number of carbonyl (C=O) groups excluding carboxylic acids is 2. The van der Waals surface area contributed by atoms with Crippen molar-refractivity contribution in [1.82, 2.24) is 0 Å². The molecule has 0 bridgehead atoms. The van der Waals surface area contributed by atoms with Gasteiger partial charge < -0.3 is 4.48 Å². The minimum absolute atomic E-state index is 0.0669. The summed E-state index contributed by atoms with van der Waals surface area (Å²) in [4.78, 5) is 34.7. The third kappa shape index (κ3) is 9.33. The lowest BCUT2D eigenvalue weighted by molar-refractivity contribution is -0.870. The SMILES string of the molecule is CC(C)(C)OOC(=O)c1ccc(C(=O)c2ccc(CCCCCC[N+](C)(C)C)cc2)cc1. The molecule has 0 fully saturated rings. The molecule has 0 saturated carbocycles. The zero-order chi connectivity index (χ0) is 23.8. The van der Waals surface area contributed by atoms with Crippen LogP contribution in [0.3, 0.4) is 0 Å². The fourth-order valence-electron chi connectivity index (χ4n) is 3.23. The van der Waals surface area contributed by atoms with Crippen LogP contribution < -0.4 is 0 Å². The Kier molecular flexibility index (Phi) is 9.17. The summed E-state index contributed by atoms with van der Waals surface area (Å²) in [5.41, 5.74) is 2.18. The molecule has 0 aromatic heterocycles. The van der Waals surface area contributed by atoms with Gasteiger partial charge in [-0.3, -0.25) is 9.68 Å². The summed E-state index contributed by atoms with van der Waals surface area (Å²) >= 11 is 0. The van der Waals surface area contributed by atoms with E-state index in [4.69, 9.17) is 9.78 Å². The van der Waals surface area contributed by atoms with Crippen LogP contribution >= 0.6 is 0 Å². The van der Waals surface area contributed by atoms with Crippen molar-refractivity contribution >= 4 is 11.8 Å². The molecule has 0 spiro atoms. The smallest absolute Gasteiger partial charge is 0.331 e. The first kappa shape index (κ1) is 25.8. The Bertz CT molecular complexity index is 872. The summed E-state index contributed by atoms with van der Waals surface area (Å²) in [5, 5.41) is 0. The van der Waals surface area contributed by atoms with Crippen molar-refractivity contribution in [3.8, 4) is 0 Å². The number of rotatable bonds is 11. The Labute approximate surface area is 192 Å². The summed E-state index contributed by atoms with van der Waals surface area (Å²) in [5.74, 6) is -0.650. The second-order valence-corrected chi connectivity index (χ2v) is 10.3. The summed E-state index contributed by atoms with van der Waals surface area (Å²) in [6.07, 6.45) is 5.96. The van der Waals surface area contributed by atoms with Gasteiger partial charge >= 0.3 is 5.97 Å². The third-order valence-corrected chi connectivity index (χ3v) is 5.01. The summed E-state index contributed by atoms with van der Waals surface area (Å²) in [6.45, 7) is 6.59. The van der Waals surface area contributed by atoms with Crippen molar-refractivity contribution in [2.24, 2.45) is 0 Å². The van der Waals surface area contributed by atoms with E-state index in [0.717, 1.165) is 10.9 Å². The van der Waals surface area contributed by atoms with E-state index in [-0.39, 0.29) is 5.78 Å². The Hall–Kier alpha value is -2.50. The number of aryl methyl sites for hydroxylation is 1. The molecule has 0 atom stereocenters. The van der Waals surface area contributed by atoms with E-state index >= 15 is 0 Å². The molecule has 174 valence electrons. The molecule has 32 heavy (non-hydrogen) atoms. The summed E-state index contributed by atoms with van der Waals surface area (Å²) in [6, 6.07) is 14.3. The fraction of sp³-hybridized carbons (Fsp3) is 0.481. The highest BCUT2D eigenvalue weighted by Gasteiger charge is 2.17. The molecule has 0 amide bonds. The molecule has 2 rings (SSSR count). The normalized spacial score (nSPS) is 11.9. The van der Waals surface area contributed by atoms with Crippen molar-refractivity contribution < 1.29 is 23.8 Å². The Morgan fingerprint density at radius 1 is 0.750 bits per heavy atom. The maximum Gasteiger partial charge on any atom is 0.373 e. The number of hydrogen-bond donors (Lipinski definition) is 0. The van der Waals surface area contributed by atoms with Gasteiger partial charge in [0.2, 0.25) is 0 Å². The zero-order valence-electron chi connectivity index (χ0n) is 20.4. The third-order valence-electron chi connectivity index (χ3n) is 5.01. The van der Waals surface area contributed by atoms with Crippen LogP contribution in [-0.4, -0.2) is 49.5 Å². The van der Waals surface area contributed by atoms with Crippen molar-refractivity contribution in [3.63, 3.8) is 0 Å². The quantitative estimate of drug-likeness (QED) is 0.150. The average molecular weight is 441 g/mol. The lowest BCUT2D eigenvalue weighted by atomic mass is 9.99. The maximum absolute atomic E-state index is 12.8. The molecule has 5 nitrogen and oxygen atoms in total. The molecule has 0 N–H and O–H groups in total. The molecule has 0 heterocycles. The van der Waals surface area contributed by atoms with Crippen molar-refractivity contribution in [1.29, 1.82) is 0 Å². The number of nitrogens with zero attached hydrogens (tertiary/aromatic N) is 1. The molecule has 2 aromatic rings. The number of unbranched alkanes of at least 4 members (excludes halogenated alkanes) is 3. The van der Waals surface area contributed by atoms with Crippen molar-refractivity contribution in [2.75, 3.05) is 27.7 Å². The zero-order valence-corrected chi connectivity index (χ0v) is 20.4. The van der Waals surface area contributed by atoms with E-state index in [2.05, 4.69) is 21.1 Å². The number of ketones is 1. The van der Waals surface area contributed by atoms with E-state index in [1.165, 1.54) is 37.8 Å². The van der Waals surface area contributed by atoms with E-state index in [1.807, 2.05) is 24.3 Å². The van der Waals surface area contributed by atoms with Gasteiger partial charge in [-0.15, -0.1) is 0 Å². The van der Waals surface area contributed by atoms with Crippen LogP contribution in [0, 0.1) is 0 Å². The van der Waals surface area contributed by atoms with Gasteiger partial charge in [0.15, 0.2) is 5.78 Å². The molecule has 0 unspecified atom stereocenters. The van der Waals surface area contributed by atoms with E-state index in [0.29, 0.717) is 16.7 Å². The lowest BCUT2D eigenvalue weighted by Crippen LogP contribution is -2.35. The van der Waals surface area contributed by atoms with Gasteiger partial charge in [-0.05, 0) is 64.2 Å². The minimum Gasteiger partial charge on any atom is -0.331 e. The molecular weight excluding hydrogens is 402 g/mol. The van der Waals surface area contributed by atoms with Gasteiger partial charge in [0, 0.05) is 11.1 Å². The van der Waals surface area contributed by atoms with Crippen LogP contribution in [0.4, 0.5) is 0 Å². The van der Waals surface area contributed by atoms with Gasteiger partial charge in [-0.25, -0.2) is 4.79 Å². The van der Waals surface area contributed by atoms with Crippen LogP contribution in [0.1, 0.15) is 78.3 Å². The molecule has 0 aliphatic carbocycles. The maximum atomic E-state index is 12.8. The second-order valence-electron chi connectivity index (χ2n) is 10.3. The van der Waals surface area contributed by atoms with Crippen LogP contribution in [0.5, 0.6) is 0 Å². The molecule has 2 aromatic carbocycles. The number of carbonyl (C=O) groups is 2. The first-order valence-electron chi connectivity index (χ1n) is 11.4. The first-order valence-corrected chi connectivity index (χ1v) is 11.4. The average Bonchev–Trinajstić information content (AvgIpc) is 2.73. The number of quaternary nitrogens is 1. The monoisotopic (exact) mass is 440 g/mol. The minimum atomic E-state index is -0.583. The largest absolute Gasteiger partial charge is 0.373 e. The summed E-state index contributed by atoms with van der Waals surface area (Å²) in [7, 11) is 6.69. The highest BCUT2D eigenvalue weighted by Crippen LogP contribution is 2.16. The van der Waals surface area contributed by atoms with Gasteiger partial charge in [-0.2, -0.15) is 4.89 Å². The van der Waals surface area contributed by atoms with Crippen molar-refractivity contribution in [2.45, 2.75) is 58.5 Å². The molecule has 5 heteroatoms. The van der Waals surface area contributed by atoms with E-state index in [9.17, 15) is 9.59 Å². The topological polar surface area (TPSA) is 52.6 Å². The second kappa shape index (κ2) is 11.4. The molecule has 0 saturated heterocycles. The van der Waals surface area contributed by atoms with Crippen LogP contribution in [0.2, 0.25) is 0 Å². The lowest BCUT2D eigenvalue weighted by Gasteiger charge is -2.23. The predicted octanol–water partition coefficient (Wildman–Crippen LogP) is 5.61. The molecule has 0 aliphatic heterocycles. The highest BCUT2D eigenvalue weighted by atomic mass is 17.2. The Balaban J connectivity index is 1.83. The Morgan fingerprint density at radius 3 is 1.78 bits per heavy atom. The first-order chi connectivity index (χ1) is 14.9. The van der Waals surface area contributed by atoms with Crippen LogP contribution in [-0.2, 0) is 16.2 Å². The van der Waals surface area contributed by atoms with E-state index < -0.39 is 11.6 Å². The van der Waals surface area contributed by atoms with Crippen molar-refractivity contribution in [3.05, 3.63) is 70.8 Å². The molecular formula is C27H38NO4+. The van der Waals surface area contributed by atoms with Gasteiger partial charge in [0.25, 0.3) is 0 Å². The number of benzene rings is 2. The highest BCUT2D eigenvalue weighted by molar-refractivity contribution is 6.09. The molecule has 0 aliphatic rings. The predicted molar refractivity (Wildman–Crippen MR) is 128 cm³/mol. The van der Waals surface area contributed by atoms with E-state index in [1.54, 1.807) is 45.0 Å². The van der Waals surface area contributed by atoms with Gasteiger partial charge in [0.1, 0.15) is 5.60 Å². The van der Waals surface area contributed by atoms with Gasteiger partial charge in [0.05, 0.1) is 33.3 Å². The standard InChI is InChI=1S/C27H38NO4/c1-27(2,3)32-31-26(30)24-18-16-23(17-19-24)25(29)22-14-12-21(13-15-22)11-9-7-8-10-20-28(4,5)6/h12-19H,7-11,20H2,1-6H3/q+1. The molecule has 0 radical (unpaired) electrons. The Morgan fingerprint density at radius 2 is 1.25 bits per heavy atom. The van der Waals surface area contributed by atoms with Gasteiger partial charge in [-0.1, -0.05) is 42.8 Å². The van der Waals surface area contributed by atoms with Crippen LogP contribution in [0.15, 0.2) is 48.5 Å². The summed E-state index contributed by atoms with van der Waals surface area (Å²) < 4.78 is 1.02. The fourth-order valence-corrected chi connectivity index (χ4v) is 3.23. The van der Waals surface area contributed by atoms with Crippen LogP contribution in [0.25, 0.3) is 0 Å². The number of hydrogen-bond acceptors (Lipinski definition) is 4.